The van der Waals surface area contributed by atoms with Crippen LogP contribution in [-0.2, 0) is 13.0 Å². The molecule has 2 rings (SSSR count). The van der Waals surface area contributed by atoms with E-state index < -0.39 is 10.9 Å². The van der Waals surface area contributed by atoms with Crippen LogP contribution in [0.25, 0.3) is 0 Å². The number of rotatable bonds is 6. The first-order valence-corrected chi connectivity index (χ1v) is 6.19. The molecule has 0 radical (unpaired) electrons. The van der Waals surface area contributed by atoms with Crippen molar-refractivity contribution in [2.45, 2.75) is 19.4 Å². The lowest BCUT2D eigenvalue weighted by molar-refractivity contribution is -0.384. The molecule has 0 unspecified atom stereocenters. The molecule has 6 nitrogen and oxygen atoms in total. The number of hydrogen-bond acceptors (Lipinski definition) is 3. The van der Waals surface area contributed by atoms with Crippen molar-refractivity contribution in [3.63, 3.8) is 0 Å². The van der Waals surface area contributed by atoms with Gasteiger partial charge in [-0.05, 0) is 18.4 Å². The van der Waals surface area contributed by atoms with E-state index in [1.807, 2.05) is 30.3 Å². The quantitative estimate of drug-likeness (QED) is 0.648. The van der Waals surface area contributed by atoms with Gasteiger partial charge >= 0.3 is 5.97 Å². The SMILES string of the molecule is O=C(O)c1cc([N+](=O)[O-])cn1CCCc1ccccc1. The summed E-state index contributed by atoms with van der Waals surface area (Å²) in [5, 5.41) is 19.7. The number of carboxylic acids is 1. The van der Waals surface area contributed by atoms with E-state index in [2.05, 4.69) is 0 Å². The Labute approximate surface area is 115 Å². The van der Waals surface area contributed by atoms with Crippen LogP contribution in [0.3, 0.4) is 0 Å². The van der Waals surface area contributed by atoms with Crippen LogP contribution in [0.2, 0.25) is 0 Å². The zero-order chi connectivity index (χ0) is 14.5. The highest BCUT2D eigenvalue weighted by atomic mass is 16.6. The first-order valence-electron chi connectivity index (χ1n) is 6.19. The average Bonchev–Trinajstić information content (AvgIpc) is 2.84. The van der Waals surface area contributed by atoms with Gasteiger partial charge in [0, 0.05) is 12.6 Å². The van der Waals surface area contributed by atoms with E-state index in [0.717, 1.165) is 24.5 Å². The van der Waals surface area contributed by atoms with Gasteiger partial charge in [-0.2, -0.15) is 0 Å². The highest BCUT2D eigenvalue weighted by molar-refractivity contribution is 5.86. The Bertz CT molecular complexity index is 619. The Balaban J connectivity index is 2.05. The third-order valence-corrected chi connectivity index (χ3v) is 3.02. The van der Waals surface area contributed by atoms with Crippen LogP contribution in [0.1, 0.15) is 22.5 Å². The molecule has 0 aliphatic rings. The summed E-state index contributed by atoms with van der Waals surface area (Å²) in [7, 11) is 0. The van der Waals surface area contributed by atoms with Crippen molar-refractivity contribution < 1.29 is 14.8 Å². The molecule has 1 N–H and O–H groups in total. The van der Waals surface area contributed by atoms with Gasteiger partial charge in [-0.15, -0.1) is 0 Å². The third-order valence-electron chi connectivity index (χ3n) is 3.02. The molecular weight excluding hydrogens is 260 g/mol. The molecular formula is C14H14N2O4. The summed E-state index contributed by atoms with van der Waals surface area (Å²) in [4.78, 5) is 21.1. The van der Waals surface area contributed by atoms with Crippen molar-refractivity contribution in [3.05, 3.63) is 64.0 Å². The first-order chi connectivity index (χ1) is 9.58. The summed E-state index contributed by atoms with van der Waals surface area (Å²) in [6.07, 6.45) is 2.79. The molecule has 0 aliphatic carbocycles. The Morgan fingerprint density at radius 1 is 1.30 bits per heavy atom. The summed E-state index contributed by atoms with van der Waals surface area (Å²) >= 11 is 0. The third kappa shape index (κ3) is 3.23. The van der Waals surface area contributed by atoms with Crippen LogP contribution in [0.15, 0.2) is 42.6 Å². The molecule has 0 atom stereocenters. The molecule has 0 amide bonds. The number of nitro groups is 1. The van der Waals surface area contributed by atoms with Crippen LogP contribution < -0.4 is 0 Å². The molecule has 1 aromatic heterocycles. The van der Waals surface area contributed by atoms with Crippen molar-refractivity contribution in [3.8, 4) is 0 Å². The van der Waals surface area contributed by atoms with E-state index in [1.54, 1.807) is 0 Å². The van der Waals surface area contributed by atoms with E-state index in [1.165, 1.54) is 10.8 Å². The number of nitrogens with zero attached hydrogens (tertiary/aromatic N) is 2. The lowest BCUT2D eigenvalue weighted by Gasteiger charge is -2.05. The second-order valence-corrected chi connectivity index (χ2v) is 4.43. The van der Waals surface area contributed by atoms with E-state index >= 15 is 0 Å². The van der Waals surface area contributed by atoms with Crippen LogP contribution >= 0.6 is 0 Å². The molecule has 0 spiro atoms. The Hall–Kier alpha value is -2.63. The normalized spacial score (nSPS) is 10.4. The molecule has 0 fully saturated rings. The number of aromatic carboxylic acids is 1. The summed E-state index contributed by atoms with van der Waals surface area (Å²) in [6, 6.07) is 10.9. The second kappa shape index (κ2) is 6.01. The molecule has 0 aliphatic heterocycles. The monoisotopic (exact) mass is 274 g/mol. The van der Waals surface area contributed by atoms with Crippen LogP contribution in [0.4, 0.5) is 5.69 Å². The summed E-state index contributed by atoms with van der Waals surface area (Å²) < 4.78 is 1.42. The smallest absolute Gasteiger partial charge is 0.352 e. The number of hydrogen-bond donors (Lipinski definition) is 1. The van der Waals surface area contributed by atoms with Crippen molar-refractivity contribution in [2.75, 3.05) is 0 Å². The molecule has 1 heterocycles. The summed E-state index contributed by atoms with van der Waals surface area (Å²) in [5.74, 6) is -1.15. The standard InChI is InChI=1S/C14H14N2O4/c17-14(18)13-9-12(16(19)20)10-15(13)8-4-7-11-5-2-1-3-6-11/h1-3,5-6,9-10H,4,7-8H2,(H,17,18). The Morgan fingerprint density at radius 2 is 2.00 bits per heavy atom. The second-order valence-electron chi connectivity index (χ2n) is 4.43. The zero-order valence-electron chi connectivity index (χ0n) is 10.7. The maximum absolute atomic E-state index is 11.0. The van der Waals surface area contributed by atoms with Crippen molar-refractivity contribution in [2.24, 2.45) is 0 Å². The molecule has 20 heavy (non-hydrogen) atoms. The highest BCUT2D eigenvalue weighted by Gasteiger charge is 2.18. The van der Waals surface area contributed by atoms with Crippen molar-refractivity contribution in [1.82, 2.24) is 4.57 Å². The maximum atomic E-state index is 11.0. The van der Waals surface area contributed by atoms with E-state index in [0.29, 0.717) is 6.54 Å². The lowest BCUT2D eigenvalue weighted by atomic mass is 10.1. The van der Waals surface area contributed by atoms with E-state index in [9.17, 15) is 14.9 Å². The van der Waals surface area contributed by atoms with Crippen molar-refractivity contribution >= 4 is 11.7 Å². The van der Waals surface area contributed by atoms with Gasteiger partial charge in [-0.1, -0.05) is 30.3 Å². The average molecular weight is 274 g/mol. The predicted octanol–water partition coefficient (Wildman–Crippen LogP) is 2.73. The fraction of sp³-hybridized carbons (Fsp3) is 0.214. The number of carboxylic acid groups (broad SMARTS) is 1. The van der Waals surface area contributed by atoms with Crippen LogP contribution in [0, 0.1) is 10.1 Å². The zero-order valence-corrected chi connectivity index (χ0v) is 10.7. The van der Waals surface area contributed by atoms with Gasteiger partial charge in [0.25, 0.3) is 5.69 Å². The number of benzene rings is 1. The van der Waals surface area contributed by atoms with E-state index in [4.69, 9.17) is 5.11 Å². The molecule has 0 saturated carbocycles. The molecule has 1 aromatic carbocycles. The summed E-state index contributed by atoms with van der Waals surface area (Å²) in [6.45, 7) is 0.435. The van der Waals surface area contributed by atoms with Gasteiger partial charge in [0.1, 0.15) is 5.69 Å². The Morgan fingerprint density at radius 3 is 2.60 bits per heavy atom. The van der Waals surface area contributed by atoms with Gasteiger partial charge in [-0.3, -0.25) is 10.1 Å². The minimum Gasteiger partial charge on any atom is -0.477 e. The van der Waals surface area contributed by atoms with Gasteiger partial charge in [-0.25, -0.2) is 4.79 Å². The van der Waals surface area contributed by atoms with Crippen molar-refractivity contribution in [1.29, 1.82) is 0 Å². The molecule has 104 valence electrons. The van der Waals surface area contributed by atoms with Crippen LogP contribution in [-0.4, -0.2) is 20.6 Å². The largest absolute Gasteiger partial charge is 0.477 e. The fourth-order valence-corrected chi connectivity index (χ4v) is 2.06. The Kier molecular flexibility index (Phi) is 4.14. The molecule has 2 aromatic rings. The van der Waals surface area contributed by atoms with Gasteiger partial charge < -0.3 is 9.67 Å². The maximum Gasteiger partial charge on any atom is 0.352 e. The predicted molar refractivity (Wildman–Crippen MR) is 72.8 cm³/mol. The highest BCUT2D eigenvalue weighted by Crippen LogP contribution is 2.17. The number of aromatic nitrogens is 1. The molecule has 0 bridgehead atoms. The lowest BCUT2D eigenvalue weighted by Crippen LogP contribution is -2.08. The molecule has 0 saturated heterocycles. The first kappa shape index (κ1) is 13.8. The topological polar surface area (TPSA) is 85.4 Å². The minimum atomic E-state index is -1.15. The number of carbonyl (C=O) groups is 1. The van der Waals surface area contributed by atoms with Crippen LogP contribution in [0.5, 0.6) is 0 Å². The summed E-state index contributed by atoms with van der Waals surface area (Å²) in [5.41, 5.74) is 0.915. The minimum absolute atomic E-state index is 0.0511. The number of aryl methyl sites for hydroxylation is 2. The van der Waals surface area contributed by atoms with Gasteiger partial charge in [0.2, 0.25) is 0 Å². The molecule has 6 heteroatoms. The van der Waals surface area contributed by atoms with Gasteiger partial charge in [0.15, 0.2) is 0 Å². The van der Waals surface area contributed by atoms with Gasteiger partial charge in [0.05, 0.1) is 11.1 Å². The fourth-order valence-electron chi connectivity index (χ4n) is 2.06. The van der Waals surface area contributed by atoms with E-state index in [-0.39, 0.29) is 11.4 Å².